The van der Waals surface area contributed by atoms with E-state index in [1.807, 2.05) is 67.0 Å². The number of aliphatic hydroxyl groups is 2. The number of aliphatic hydroxyl groups excluding tert-OH is 2. The van der Waals surface area contributed by atoms with Gasteiger partial charge in [0, 0.05) is 35.7 Å². The largest absolute Gasteiger partial charge is 0.489 e. The van der Waals surface area contributed by atoms with Gasteiger partial charge in [0.25, 0.3) is 0 Å². The van der Waals surface area contributed by atoms with Crippen LogP contribution in [0, 0.1) is 0 Å². The number of hydrogen-bond donors (Lipinski definition) is 3. The maximum atomic E-state index is 12.2. The fourth-order valence-corrected chi connectivity index (χ4v) is 5.00. The van der Waals surface area contributed by atoms with Crippen LogP contribution in [0.2, 0.25) is 5.02 Å². The second-order valence-corrected chi connectivity index (χ2v) is 9.85. The number of primary amides is 1. The summed E-state index contributed by atoms with van der Waals surface area (Å²) < 4.78 is 7.75. The Bertz CT molecular complexity index is 1400. The summed E-state index contributed by atoms with van der Waals surface area (Å²) in [6, 6.07) is 15.0. The normalized spacial score (nSPS) is 13.2. The lowest BCUT2D eigenvalue weighted by atomic mass is 9.86. The Hall–Kier alpha value is -3.39. The highest BCUT2D eigenvalue weighted by molar-refractivity contribution is 6.33. The molecule has 0 saturated carbocycles. The standard InChI is InChI=1S/C29H32ClN3O4/c1-17(2)37-25-11-10-23(28(31)36)26(27(25)30)21(12-14-34)15-19-6-8-20(9-7-19)24-16-33-13-4-5-22(18(3)35)29(33)32-24/h4-11,13,16-18,21,34-35H,12,14-15H2,1-3H3,(H2,31,36). The second kappa shape index (κ2) is 11.3. The van der Waals surface area contributed by atoms with Gasteiger partial charge < -0.3 is 25.1 Å². The van der Waals surface area contributed by atoms with Crippen molar-refractivity contribution in [3.05, 3.63) is 88.2 Å². The van der Waals surface area contributed by atoms with Crippen LogP contribution >= 0.6 is 11.6 Å². The third-order valence-electron chi connectivity index (χ3n) is 6.35. The van der Waals surface area contributed by atoms with Gasteiger partial charge in [-0.3, -0.25) is 4.79 Å². The van der Waals surface area contributed by atoms with Crippen molar-refractivity contribution < 1.29 is 19.7 Å². The number of carbonyl (C=O) groups is 1. The number of aromatic nitrogens is 2. The lowest BCUT2D eigenvalue weighted by Gasteiger charge is -2.23. The smallest absolute Gasteiger partial charge is 0.249 e. The summed E-state index contributed by atoms with van der Waals surface area (Å²) >= 11 is 6.73. The molecule has 0 spiro atoms. The molecule has 194 valence electrons. The first-order valence-electron chi connectivity index (χ1n) is 12.3. The summed E-state index contributed by atoms with van der Waals surface area (Å²) in [5, 5.41) is 20.2. The van der Waals surface area contributed by atoms with Gasteiger partial charge in [0.15, 0.2) is 0 Å². The number of imidazole rings is 1. The molecule has 7 nitrogen and oxygen atoms in total. The van der Waals surface area contributed by atoms with E-state index < -0.39 is 12.0 Å². The van der Waals surface area contributed by atoms with E-state index in [1.165, 1.54) is 0 Å². The number of nitrogens with zero attached hydrogens (tertiary/aromatic N) is 2. The molecule has 2 atom stereocenters. The summed E-state index contributed by atoms with van der Waals surface area (Å²) in [5.41, 5.74) is 10.8. The first kappa shape index (κ1) is 26.7. The first-order chi connectivity index (χ1) is 17.7. The first-order valence-corrected chi connectivity index (χ1v) is 12.7. The summed E-state index contributed by atoms with van der Waals surface area (Å²) in [4.78, 5) is 17.0. The van der Waals surface area contributed by atoms with Crippen LogP contribution < -0.4 is 10.5 Å². The average molecular weight is 522 g/mol. The molecule has 2 aromatic carbocycles. The summed E-state index contributed by atoms with van der Waals surface area (Å²) in [7, 11) is 0. The van der Waals surface area contributed by atoms with Crippen molar-refractivity contribution in [3.63, 3.8) is 0 Å². The van der Waals surface area contributed by atoms with Crippen molar-refractivity contribution in [2.24, 2.45) is 5.73 Å². The molecule has 2 unspecified atom stereocenters. The van der Waals surface area contributed by atoms with Crippen molar-refractivity contribution in [2.45, 2.75) is 51.7 Å². The maximum Gasteiger partial charge on any atom is 0.249 e. The SMILES string of the molecule is CC(C)Oc1ccc(C(N)=O)c(C(CCO)Cc2ccc(-c3cn4cccc(C(C)O)c4n3)cc2)c1Cl. The van der Waals surface area contributed by atoms with E-state index in [9.17, 15) is 15.0 Å². The highest BCUT2D eigenvalue weighted by atomic mass is 35.5. The van der Waals surface area contributed by atoms with E-state index >= 15 is 0 Å². The van der Waals surface area contributed by atoms with Crippen LogP contribution in [0.15, 0.2) is 60.9 Å². The van der Waals surface area contributed by atoms with Crippen LogP contribution in [0.4, 0.5) is 0 Å². The predicted octanol–water partition coefficient (Wildman–Crippen LogP) is 5.30. The number of benzene rings is 2. The van der Waals surface area contributed by atoms with Gasteiger partial charge in [-0.05, 0) is 68.9 Å². The molecule has 2 heterocycles. The van der Waals surface area contributed by atoms with Crippen molar-refractivity contribution >= 4 is 23.2 Å². The van der Waals surface area contributed by atoms with Crippen molar-refractivity contribution in [1.82, 2.24) is 9.38 Å². The molecule has 0 saturated heterocycles. The zero-order valence-electron chi connectivity index (χ0n) is 21.2. The zero-order chi connectivity index (χ0) is 26.7. The number of fused-ring (bicyclic) bond motifs is 1. The predicted molar refractivity (Wildman–Crippen MR) is 145 cm³/mol. The topological polar surface area (TPSA) is 110 Å². The van der Waals surface area contributed by atoms with Gasteiger partial charge in [0.2, 0.25) is 5.91 Å². The third kappa shape index (κ3) is 5.80. The third-order valence-corrected chi connectivity index (χ3v) is 6.74. The molecule has 4 rings (SSSR count). The molecule has 0 fully saturated rings. The Morgan fingerprint density at radius 3 is 2.49 bits per heavy atom. The minimum Gasteiger partial charge on any atom is -0.489 e. The van der Waals surface area contributed by atoms with Crippen LogP contribution in [0.25, 0.3) is 16.9 Å². The molecule has 1 amide bonds. The van der Waals surface area contributed by atoms with Crippen LogP contribution in [-0.4, -0.2) is 38.2 Å². The number of ether oxygens (including phenoxy) is 1. The molecule has 8 heteroatoms. The van der Waals surface area contributed by atoms with Crippen molar-refractivity contribution in [1.29, 1.82) is 0 Å². The van der Waals surface area contributed by atoms with E-state index in [2.05, 4.69) is 0 Å². The number of carbonyl (C=O) groups excluding carboxylic acids is 1. The van der Waals surface area contributed by atoms with Crippen LogP contribution in [0.5, 0.6) is 5.75 Å². The average Bonchev–Trinajstić information content (AvgIpc) is 3.29. The molecule has 0 aliphatic heterocycles. The number of nitrogens with two attached hydrogens (primary N) is 1. The molecular formula is C29H32ClN3O4. The summed E-state index contributed by atoms with van der Waals surface area (Å²) in [6.07, 6.45) is 4.08. The summed E-state index contributed by atoms with van der Waals surface area (Å²) in [5.74, 6) is -0.335. The maximum absolute atomic E-state index is 12.2. The number of pyridine rings is 1. The van der Waals surface area contributed by atoms with Crippen LogP contribution in [0.3, 0.4) is 0 Å². The molecular weight excluding hydrogens is 490 g/mol. The van der Waals surface area contributed by atoms with Gasteiger partial charge in [0.1, 0.15) is 11.4 Å². The highest BCUT2D eigenvalue weighted by Gasteiger charge is 2.24. The van der Waals surface area contributed by atoms with Gasteiger partial charge in [-0.25, -0.2) is 4.98 Å². The second-order valence-electron chi connectivity index (χ2n) is 9.48. The molecule has 4 aromatic rings. The Morgan fingerprint density at radius 2 is 1.86 bits per heavy atom. The Kier molecular flexibility index (Phi) is 8.17. The van der Waals surface area contributed by atoms with Gasteiger partial charge in [-0.15, -0.1) is 0 Å². The Balaban J connectivity index is 1.66. The Morgan fingerprint density at radius 1 is 1.14 bits per heavy atom. The van der Waals surface area contributed by atoms with E-state index in [-0.39, 0.29) is 18.6 Å². The molecule has 0 aliphatic rings. The number of amides is 1. The fraction of sp³-hybridized carbons (Fsp3) is 0.310. The lowest BCUT2D eigenvalue weighted by molar-refractivity contribution is 0.0998. The monoisotopic (exact) mass is 521 g/mol. The minimum absolute atomic E-state index is 0.0700. The summed E-state index contributed by atoms with van der Waals surface area (Å²) in [6.45, 7) is 5.46. The fourth-order valence-electron chi connectivity index (χ4n) is 4.63. The van der Waals surface area contributed by atoms with E-state index in [4.69, 9.17) is 27.1 Å². The van der Waals surface area contributed by atoms with E-state index in [0.29, 0.717) is 34.7 Å². The Labute approximate surface area is 221 Å². The number of hydrogen-bond acceptors (Lipinski definition) is 5. The zero-order valence-corrected chi connectivity index (χ0v) is 21.9. The molecule has 0 bridgehead atoms. The van der Waals surface area contributed by atoms with Crippen LogP contribution in [0.1, 0.15) is 66.3 Å². The van der Waals surface area contributed by atoms with Crippen molar-refractivity contribution in [3.8, 4) is 17.0 Å². The molecule has 0 radical (unpaired) electrons. The van der Waals surface area contributed by atoms with E-state index in [0.717, 1.165) is 28.0 Å². The van der Waals surface area contributed by atoms with Crippen LogP contribution in [-0.2, 0) is 6.42 Å². The minimum atomic E-state index is -0.619. The lowest BCUT2D eigenvalue weighted by Crippen LogP contribution is -2.18. The molecule has 2 aromatic heterocycles. The molecule has 0 aliphatic carbocycles. The van der Waals surface area contributed by atoms with Gasteiger partial charge in [-0.2, -0.15) is 0 Å². The van der Waals surface area contributed by atoms with Gasteiger partial charge in [-0.1, -0.05) is 41.9 Å². The van der Waals surface area contributed by atoms with Gasteiger partial charge >= 0.3 is 0 Å². The quantitative estimate of drug-likeness (QED) is 0.262. The van der Waals surface area contributed by atoms with Crippen molar-refractivity contribution in [2.75, 3.05) is 6.61 Å². The molecule has 37 heavy (non-hydrogen) atoms. The highest BCUT2D eigenvalue weighted by Crippen LogP contribution is 2.39. The molecule has 4 N–H and O–H groups in total. The number of rotatable bonds is 10. The van der Waals surface area contributed by atoms with E-state index in [1.54, 1.807) is 19.1 Å². The number of halogens is 1. The van der Waals surface area contributed by atoms with Gasteiger partial charge in [0.05, 0.1) is 22.9 Å².